The van der Waals surface area contributed by atoms with E-state index < -0.39 is 0 Å². The van der Waals surface area contributed by atoms with Crippen LogP contribution in [-0.4, -0.2) is 4.57 Å². The van der Waals surface area contributed by atoms with Crippen LogP contribution in [0.2, 0.25) is 0 Å². The van der Waals surface area contributed by atoms with Crippen molar-refractivity contribution >= 4 is 10.8 Å². The summed E-state index contributed by atoms with van der Waals surface area (Å²) in [6.07, 6.45) is 0. The van der Waals surface area contributed by atoms with Gasteiger partial charge in [0.05, 0.1) is 11.4 Å². The van der Waals surface area contributed by atoms with Crippen LogP contribution in [0.25, 0.3) is 61.2 Å². The van der Waals surface area contributed by atoms with E-state index >= 15 is 0 Å². The highest BCUT2D eigenvalue weighted by molar-refractivity contribution is 6.21. The Kier molecular flexibility index (Phi) is 4.09. The van der Waals surface area contributed by atoms with Crippen LogP contribution >= 0.6 is 0 Å². The quantitative estimate of drug-likeness (QED) is 0.260. The molecule has 0 amide bonds. The van der Waals surface area contributed by atoms with Gasteiger partial charge in [0.25, 0.3) is 0 Å². The molecule has 160 valence electrons. The summed E-state index contributed by atoms with van der Waals surface area (Å²) in [5.74, 6) is -0.235. The Hall–Kier alpha value is -4.43. The summed E-state index contributed by atoms with van der Waals surface area (Å²) >= 11 is 0. The normalized spacial score (nSPS) is 11.7. The van der Waals surface area contributed by atoms with Crippen molar-refractivity contribution in [3.05, 3.63) is 127 Å². The molecule has 0 N–H and O–H groups in total. The molecule has 1 heterocycles. The zero-order valence-electron chi connectivity index (χ0n) is 18.4. The Morgan fingerprint density at radius 3 is 1.47 bits per heavy atom. The maximum atomic E-state index is 14.0. The van der Waals surface area contributed by atoms with Crippen LogP contribution in [0, 0.1) is 5.82 Å². The number of fused-ring (bicyclic) bond motifs is 3. The number of hydrogen-bond donors (Lipinski definition) is 0. The first-order valence-corrected chi connectivity index (χ1v) is 11.5. The van der Waals surface area contributed by atoms with Crippen LogP contribution in [0.4, 0.5) is 4.39 Å². The fraction of sp³-hybridized carbons (Fsp3) is 0. The fourth-order valence-corrected chi connectivity index (χ4v) is 5.44. The molecule has 1 aliphatic carbocycles. The van der Waals surface area contributed by atoms with E-state index in [9.17, 15) is 4.39 Å². The number of aromatic nitrogens is 1. The standard InChI is InChI=1S/C32H20FN/c33-24-17-19-25(20-18-24)34-31(22-9-3-1-4-10-22)29-26-15-7-13-21-14-8-16-27(28(21)26)30(29)32(34)23-11-5-2-6-12-23/h1-20H. The fourth-order valence-electron chi connectivity index (χ4n) is 5.44. The van der Waals surface area contributed by atoms with E-state index in [4.69, 9.17) is 0 Å². The molecule has 6 aromatic rings. The predicted octanol–water partition coefficient (Wildman–Crippen LogP) is 8.75. The van der Waals surface area contributed by atoms with Gasteiger partial charge in [-0.15, -0.1) is 0 Å². The molecule has 2 heteroatoms. The molecule has 0 radical (unpaired) electrons. The molecule has 0 saturated carbocycles. The van der Waals surface area contributed by atoms with Gasteiger partial charge in [-0.2, -0.15) is 0 Å². The minimum absolute atomic E-state index is 0.235. The van der Waals surface area contributed by atoms with Gasteiger partial charge in [0.15, 0.2) is 0 Å². The SMILES string of the molecule is Fc1ccc(-n2c(-c3ccccc3)c3c(c2-c2ccccc2)-c2cccc4cccc-3c24)cc1. The summed E-state index contributed by atoms with van der Waals surface area (Å²) in [6, 6.07) is 41.0. The van der Waals surface area contributed by atoms with Crippen molar-refractivity contribution in [2.75, 3.05) is 0 Å². The van der Waals surface area contributed by atoms with E-state index in [0.29, 0.717) is 0 Å². The maximum absolute atomic E-state index is 14.0. The topological polar surface area (TPSA) is 4.93 Å². The van der Waals surface area contributed by atoms with Crippen LogP contribution in [0.1, 0.15) is 0 Å². The number of benzene rings is 5. The third kappa shape index (κ3) is 2.66. The van der Waals surface area contributed by atoms with E-state index in [0.717, 1.165) is 28.2 Å². The van der Waals surface area contributed by atoms with Gasteiger partial charge >= 0.3 is 0 Å². The largest absolute Gasteiger partial charge is 0.308 e. The summed E-state index contributed by atoms with van der Waals surface area (Å²) in [6.45, 7) is 0. The van der Waals surface area contributed by atoms with E-state index in [1.807, 2.05) is 24.3 Å². The molecule has 0 aliphatic heterocycles. The number of nitrogens with zero attached hydrogens (tertiary/aromatic N) is 1. The summed E-state index contributed by atoms with van der Waals surface area (Å²) in [5, 5.41) is 2.55. The van der Waals surface area contributed by atoms with Crippen molar-refractivity contribution in [1.82, 2.24) is 4.57 Å². The molecule has 0 fully saturated rings. The highest BCUT2D eigenvalue weighted by atomic mass is 19.1. The van der Waals surface area contributed by atoms with E-state index in [2.05, 4.69) is 89.5 Å². The molecule has 0 bridgehead atoms. The average Bonchev–Trinajstić information content (AvgIpc) is 3.41. The lowest BCUT2D eigenvalue weighted by molar-refractivity contribution is 0.627. The monoisotopic (exact) mass is 437 g/mol. The van der Waals surface area contributed by atoms with Crippen LogP contribution in [0.5, 0.6) is 0 Å². The van der Waals surface area contributed by atoms with Gasteiger partial charge < -0.3 is 4.57 Å². The first-order valence-electron chi connectivity index (χ1n) is 11.5. The first kappa shape index (κ1) is 19.1. The van der Waals surface area contributed by atoms with Gasteiger partial charge in [-0.25, -0.2) is 4.39 Å². The van der Waals surface area contributed by atoms with Crippen molar-refractivity contribution < 1.29 is 4.39 Å². The van der Waals surface area contributed by atoms with Crippen LogP contribution in [-0.2, 0) is 0 Å². The minimum Gasteiger partial charge on any atom is -0.308 e. The zero-order chi connectivity index (χ0) is 22.6. The molecule has 1 aromatic heterocycles. The van der Waals surface area contributed by atoms with Gasteiger partial charge in [0, 0.05) is 16.8 Å². The van der Waals surface area contributed by atoms with Gasteiger partial charge in [-0.1, -0.05) is 97.1 Å². The van der Waals surface area contributed by atoms with Crippen molar-refractivity contribution in [2.24, 2.45) is 0 Å². The smallest absolute Gasteiger partial charge is 0.123 e. The first-order chi connectivity index (χ1) is 16.8. The molecule has 1 aliphatic rings. The van der Waals surface area contributed by atoms with Crippen LogP contribution in [0.3, 0.4) is 0 Å². The van der Waals surface area contributed by atoms with Crippen molar-refractivity contribution in [3.63, 3.8) is 0 Å². The summed E-state index contributed by atoms with van der Waals surface area (Å²) in [4.78, 5) is 0. The summed E-state index contributed by atoms with van der Waals surface area (Å²) < 4.78 is 16.3. The van der Waals surface area contributed by atoms with Gasteiger partial charge in [0.1, 0.15) is 5.82 Å². The highest BCUT2D eigenvalue weighted by Gasteiger charge is 2.33. The Morgan fingerprint density at radius 2 is 0.971 bits per heavy atom. The lowest BCUT2D eigenvalue weighted by atomic mass is 9.99. The molecule has 0 atom stereocenters. The Bertz CT molecular complexity index is 1580. The van der Waals surface area contributed by atoms with Crippen LogP contribution in [0.15, 0.2) is 121 Å². The molecular weight excluding hydrogens is 417 g/mol. The molecule has 5 aromatic carbocycles. The van der Waals surface area contributed by atoms with Crippen molar-refractivity contribution in [1.29, 1.82) is 0 Å². The second kappa shape index (κ2) is 7.29. The summed E-state index contributed by atoms with van der Waals surface area (Å²) in [7, 11) is 0. The van der Waals surface area contributed by atoms with Crippen molar-refractivity contribution in [2.45, 2.75) is 0 Å². The maximum Gasteiger partial charge on any atom is 0.123 e. The lowest BCUT2D eigenvalue weighted by Crippen LogP contribution is -2.01. The minimum atomic E-state index is -0.235. The average molecular weight is 438 g/mol. The summed E-state index contributed by atoms with van der Waals surface area (Å²) in [5.41, 5.74) is 10.4. The van der Waals surface area contributed by atoms with E-state index in [1.165, 1.54) is 33.0 Å². The second-order valence-corrected chi connectivity index (χ2v) is 8.70. The molecule has 0 saturated heterocycles. The van der Waals surface area contributed by atoms with Crippen molar-refractivity contribution in [3.8, 4) is 50.5 Å². The Morgan fingerprint density at radius 1 is 0.471 bits per heavy atom. The zero-order valence-corrected chi connectivity index (χ0v) is 18.4. The third-order valence-corrected chi connectivity index (χ3v) is 6.79. The Balaban J connectivity index is 1.71. The Labute approximate surface area is 197 Å². The number of halogens is 1. The molecule has 0 spiro atoms. The van der Waals surface area contributed by atoms with Crippen LogP contribution < -0.4 is 0 Å². The lowest BCUT2D eigenvalue weighted by Gasteiger charge is -2.17. The molecular formula is C32H20FN. The molecule has 7 rings (SSSR count). The molecule has 0 unspecified atom stereocenters. The third-order valence-electron chi connectivity index (χ3n) is 6.79. The van der Waals surface area contributed by atoms with Gasteiger partial charge in [-0.05, 0) is 57.3 Å². The van der Waals surface area contributed by atoms with E-state index in [-0.39, 0.29) is 5.82 Å². The second-order valence-electron chi connectivity index (χ2n) is 8.70. The van der Waals surface area contributed by atoms with E-state index in [1.54, 1.807) is 12.1 Å². The van der Waals surface area contributed by atoms with Gasteiger partial charge in [0.2, 0.25) is 0 Å². The predicted molar refractivity (Wildman–Crippen MR) is 139 cm³/mol. The van der Waals surface area contributed by atoms with Gasteiger partial charge in [-0.3, -0.25) is 0 Å². The molecule has 34 heavy (non-hydrogen) atoms. The number of rotatable bonds is 3. The molecule has 1 nitrogen and oxygen atoms in total. The highest BCUT2D eigenvalue weighted by Crippen LogP contribution is 2.57. The number of hydrogen-bond acceptors (Lipinski definition) is 0.